The second kappa shape index (κ2) is 12.3. The van der Waals surface area contributed by atoms with E-state index in [9.17, 15) is 37.3 Å². The predicted molar refractivity (Wildman–Crippen MR) is 121 cm³/mol. The van der Waals surface area contributed by atoms with Crippen LogP contribution in [0.15, 0.2) is 36.4 Å². The van der Waals surface area contributed by atoms with E-state index in [1.807, 2.05) is 0 Å². The second-order valence-electron chi connectivity index (χ2n) is 6.61. The number of alkyl halides is 4. The third kappa shape index (κ3) is 8.12. The number of benzene rings is 2. The fraction of sp³-hybridized carbons (Fsp3) is 0.211. The third-order valence-corrected chi connectivity index (χ3v) is 4.20. The molecule has 0 spiro atoms. The fourth-order valence-corrected chi connectivity index (χ4v) is 2.89. The number of H-pyrrole nitrogens is 1. The van der Waals surface area contributed by atoms with Crippen molar-refractivity contribution in [3.63, 3.8) is 0 Å². The first-order valence-electron chi connectivity index (χ1n) is 9.60. The molecule has 36 heavy (non-hydrogen) atoms. The number of amides is 2. The number of nitro groups is 1. The summed E-state index contributed by atoms with van der Waals surface area (Å²) in [5, 5.41) is 10.7. The Morgan fingerprint density at radius 3 is 2.14 bits per heavy atom. The molecule has 17 heteroatoms. The highest BCUT2D eigenvalue weighted by atomic mass is 32.1. The number of aromatic amines is 1. The Labute approximate surface area is 204 Å². The number of ether oxygens (including phenoxy) is 2. The number of nitrogens with one attached hydrogen (secondary N) is 4. The molecule has 4 N–H and O–H groups in total. The van der Waals surface area contributed by atoms with Gasteiger partial charge >= 0.3 is 13.2 Å². The van der Waals surface area contributed by atoms with Gasteiger partial charge in [-0.1, -0.05) is 0 Å². The maximum atomic E-state index is 12.1. The number of nitro benzene ring substituents is 1. The van der Waals surface area contributed by atoms with Crippen molar-refractivity contribution in [1.29, 1.82) is 0 Å². The van der Waals surface area contributed by atoms with Crippen LogP contribution in [0.25, 0.3) is 11.0 Å². The molecule has 1 aromatic heterocycles. The highest BCUT2D eigenvalue weighted by molar-refractivity contribution is 7.71. The van der Waals surface area contributed by atoms with E-state index in [-0.39, 0.29) is 27.9 Å². The van der Waals surface area contributed by atoms with E-state index in [4.69, 9.17) is 12.2 Å². The highest BCUT2D eigenvalue weighted by Gasteiger charge is 2.17. The zero-order valence-corrected chi connectivity index (χ0v) is 19.2. The number of rotatable bonds is 8. The highest BCUT2D eigenvalue weighted by Crippen LogP contribution is 2.29. The Bertz CT molecular complexity index is 1320. The van der Waals surface area contributed by atoms with Crippen molar-refractivity contribution >= 4 is 46.4 Å². The van der Waals surface area contributed by atoms with E-state index in [2.05, 4.69) is 30.7 Å². The quantitative estimate of drug-likeness (QED) is 0.146. The molecular weight excluding hydrogens is 516 g/mol. The summed E-state index contributed by atoms with van der Waals surface area (Å²) < 4.78 is 57.9. The summed E-state index contributed by atoms with van der Waals surface area (Å²) in [5.74, 6) is -1.08. The minimum absolute atomic E-state index is 0.0173. The minimum atomic E-state index is -3.07. The van der Waals surface area contributed by atoms with Gasteiger partial charge in [0, 0.05) is 19.9 Å². The molecule has 0 aliphatic rings. The average Bonchev–Trinajstić information content (AvgIpc) is 3.06. The Morgan fingerprint density at radius 1 is 1.03 bits per heavy atom. The molecule has 0 radical (unpaired) electrons. The first-order chi connectivity index (χ1) is 16.9. The zero-order chi connectivity index (χ0) is 27.0. The maximum absolute atomic E-state index is 12.1. The van der Waals surface area contributed by atoms with Gasteiger partial charge in [-0.2, -0.15) is 17.6 Å². The van der Waals surface area contributed by atoms with Gasteiger partial charge in [-0.25, -0.2) is 4.68 Å². The molecule has 0 aliphatic carbocycles. The molecule has 0 saturated heterocycles. The monoisotopic (exact) mass is 534 g/mol. The molecular formula is C19H18F4N6O6S. The van der Waals surface area contributed by atoms with Gasteiger partial charge in [-0.05, 0) is 36.5 Å². The normalized spacial score (nSPS) is 10.4. The summed E-state index contributed by atoms with van der Waals surface area (Å²) in [6.45, 7) is -3.41. The van der Waals surface area contributed by atoms with Crippen molar-refractivity contribution in [3.05, 3.63) is 51.3 Å². The Morgan fingerprint density at radius 2 is 1.61 bits per heavy atom. The number of imidazole rings is 1. The lowest BCUT2D eigenvalue weighted by molar-refractivity contribution is -0.384. The van der Waals surface area contributed by atoms with Gasteiger partial charge in [0.05, 0.1) is 22.0 Å². The Balaban J connectivity index is 0.000000254. The van der Waals surface area contributed by atoms with Crippen LogP contribution < -0.4 is 25.8 Å². The topological polar surface area (TPSA) is 153 Å². The summed E-state index contributed by atoms with van der Waals surface area (Å²) in [6.07, 6.45) is 0. The molecule has 0 aliphatic heterocycles. The van der Waals surface area contributed by atoms with Crippen LogP contribution in [0.5, 0.6) is 11.5 Å². The number of anilines is 1. The second-order valence-corrected chi connectivity index (χ2v) is 7.00. The van der Waals surface area contributed by atoms with Crippen LogP contribution in [-0.4, -0.2) is 39.6 Å². The van der Waals surface area contributed by atoms with E-state index >= 15 is 0 Å². The number of carbonyl (C=O) groups excluding carboxylic acids is 2. The lowest BCUT2D eigenvalue weighted by atomic mass is 10.2. The first-order valence-corrected chi connectivity index (χ1v) is 10.0. The molecule has 2 amide bonds. The summed E-state index contributed by atoms with van der Waals surface area (Å²) in [4.78, 5) is 34.4. The van der Waals surface area contributed by atoms with Crippen LogP contribution in [0.2, 0.25) is 0 Å². The molecule has 0 atom stereocenters. The molecule has 3 aromatic rings. The molecule has 12 nitrogen and oxygen atoms in total. The van der Waals surface area contributed by atoms with E-state index < -0.39 is 29.7 Å². The molecule has 0 saturated carbocycles. The Kier molecular flexibility index (Phi) is 9.54. The average molecular weight is 534 g/mol. The van der Waals surface area contributed by atoms with Crippen molar-refractivity contribution in [2.75, 3.05) is 10.9 Å². The van der Waals surface area contributed by atoms with E-state index in [0.717, 1.165) is 18.2 Å². The summed E-state index contributed by atoms with van der Waals surface area (Å²) in [7, 11) is 0. The van der Waals surface area contributed by atoms with E-state index in [1.54, 1.807) is 0 Å². The van der Waals surface area contributed by atoms with Crippen LogP contribution in [0.1, 0.15) is 13.8 Å². The Hall–Kier alpha value is -4.41. The number of hydrogen-bond donors (Lipinski definition) is 4. The number of aromatic nitrogens is 2. The van der Waals surface area contributed by atoms with Gasteiger partial charge in [0.2, 0.25) is 11.8 Å². The van der Waals surface area contributed by atoms with Crippen LogP contribution in [-0.2, 0) is 9.59 Å². The maximum Gasteiger partial charge on any atom is 0.387 e. The molecule has 2 aromatic carbocycles. The number of hydrazine groups is 1. The lowest BCUT2D eigenvalue weighted by Crippen LogP contribution is -2.26. The van der Waals surface area contributed by atoms with Crippen LogP contribution in [0.4, 0.5) is 28.9 Å². The summed E-state index contributed by atoms with van der Waals surface area (Å²) in [6, 6.07) is 7.37. The van der Waals surface area contributed by atoms with Gasteiger partial charge in [0.1, 0.15) is 17.2 Å². The SMILES string of the molecule is CC(=O)NNc1ccc(OC(F)F)cc1[N+](=O)[O-].CC(=O)Nn1c(=S)[nH]c2cc(OC(F)F)ccc21. The molecule has 3 rings (SSSR count). The van der Waals surface area contributed by atoms with Crippen LogP contribution >= 0.6 is 12.2 Å². The van der Waals surface area contributed by atoms with Crippen molar-refractivity contribution in [2.24, 2.45) is 0 Å². The minimum Gasteiger partial charge on any atom is -0.435 e. The standard InChI is InChI=1S/C10H9F2N3O2S.C9H9F2N3O4/c1-5(16)14-15-8-3-2-6(17-9(11)12)4-7(8)13-10(15)18;1-5(15)12-13-7-3-2-6(18-9(10)11)4-8(7)14(16)17/h2-4,9H,1H3,(H,13,18)(H,14,16);2-4,9,13H,1H3,(H,12,15). The largest absolute Gasteiger partial charge is 0.435 e. The number of halogens is 4. The number of hydrogen-bond acceptors (Lipinski definition) is 8. The fourth-order valence-electron chi connectivity index (χ4n) is 2.64. The summed E-state index contributed by atoms with van der Waals surface area (Å²) in [5.41, 5.74) is 7.45. The molecule has 0 unspecified atom stereocenters. The van der Waals surface area contributed by atoms with E-state index in [0.29, 0.717) is 11.0 Å². The van der Waals surface area contributed by atoms with Gasteiger partial charge in [0.15, 0.2) is 4.77 Å². The van der Waals surface area contributed by atoms with Crippen molar-refractivity contribution in [3.8, 4) is 11.5 Å². The van der Waals surface area contributed by atoms with Crippen LogP contribution in [0.3, 0.4) is 0 Å². The van der Waals surface area contributed by atoms with Gasteiger partial charge in [0.25, 0.3) is 5.69 Å². The van der Waals surface area contributed by atoms with E-state index in [1.165, 1.54) is 36.7 Å². The van der Waals surface area contributed by atoms with Crippen molar-refractivity contribution in [1.82, 2.24) is 15.1 Å². The number of fused-ring (bicyclic) bond motifs is 1. The molecule has 0 fully saturated rings. The molecule has 194 valence electrons. The van der Waals surface area contributed by atoms with Gasteiger partial charge < -0.3 is 14.5 Å². The molecule has 1 heterocycles. The van der Waals surface area contributed by atoms with Gasteiger partial charge in [-0.3, -0.25) is 36.0 Å². The van der Waals surface area contributed by atoms with Crippen molar-refractivity contribution in [2.45, 2.75) is 27.1 Å². The molecule has 0 bridgehead atoms. The summed E-state index contributed by atoms with van der Waals surface area (Å²) >= 11 is 5.01. The zero-order valence-electron chi connectivity index (χ0n) is 18.4. The number of carbonyl (C=O) groups is 2. The lowest BCUT2D eigenvalue weighted by Gasteiger charge is -2.09. The first kappa shape index (κ1) is 27.8. The third-order valence-electron chi connectivity index (χ3n) is 3.91. The predicted octanol–water partition coefficient (Wildman–Crippen LogP) is 4.05. The number of nitrogens with zero attached hydrogens (tertiary/aromatic N) is 2. The smallest absolute Gasteiger partial charge is 0.387 e. The van der Waals surface area contributed by atoms with Crippen molar-refractivity contribution < 1.29 is 41.5 Å². The van der Waals surface area contributed by atoms with Gasteiger partial charge in [-0.15, -0.1) is 0 Å². The van der Waals surface area contributed by atoms with Crippen LogP contribution in [0, 0.1) is 14.9 Å².